The molecule has 2 atom stereocenters. The lowest BCUT2D eigenvalue weighted by Crippen LogP contribution is -2.47. The number of benzene rings is 2. The number of hydrogen-bond donors (Lipinski definition) is 2. The van der Waals surface area contributed by atoms with Crippen LogP contribution in [0.5, 0.6) is 0 Å². The third-order valence-corrected chi connectivity index (χ3v) is 7.27. The van der Waals surface area contributed by atoms with Gasteiger partial charge in [-0.15, -0.1) is 0 Å². The summed E-state index contributed by atoms with van der Waals surface area (Å²) in [6.07, 6.45) is 2.79. The normalized spacial score (nSPS) is 20.5. The molecule has 1 heterocycles. The molecular formula is C20H24FN3O2S2. The Bertz CT molecular complexity index is 938. The van der Waals surface area contributed by atoms with Crippen LogP contribution in [-0.4, -0.2) is 29.9 Å². The summed E-state index contributed by atoms with van der Waals surface area (Å²) in [5, 5.41) is 5.95. The number of hydrogen-bond acceptors (Lipinski definition) is 3. The number of rotatable bonds is 4. The van der Waals surface area contributed by atoms with Crippen LogP contribution in [0.4, 0.5) is 15.8 Å². The maximum absolute atomic E-state index is 13.7. The molecule has 0 radical (unpaired) electrons. The Hall–Kier alpha value is -2.03. The molecule has 8 heteroatoms. The highest BCUT2D eigenvalue weighted by Crippen LogP contribution is 2.30. The van der Waals surface area contributed by atoms with Gasteiger partial charge in [-0.05, 0) is 75.3 Å². The van der Waals surface area contributed by atoms with Crippen molar-refractivity contribution in [1.29, 1.82) is 0 Å². The topological polar surface area (TPSA) is 61.4 Å². The Morgan fingerprint density at radius 1 is 1.04 bits per heavy atom. The van der Waals surface area contributed by atoms with Crippen molar-refractivity contribution >= 4 is 38.7 Å². The van der Waals surface area contributed by atoms with Crippen molar-refractivity contribution in [3.63, 3.8) is 0 Å². The summed E-state index contributed by atoms with van der Waals surface area (Å²) in [6, 6.07) is 12.6. The lowest BCUT2D eigenvalue weighted by Gasteiger charge is -2.37. The van der Waals surface area contributed by atoms with E-state index in [0.717, 1.165) is 19.3 Å². The highest BCUT2D eigenvalue weighted by atomic mass is 32.2. The smallest absolute Gasteiger partial charge is 0.243 e. The SMILES string of the molecule is C[C@H]1CCC[C@H](C)N1S(=O)(=O)c1ccc(NC(=S)Nc2ccccc2F)cc1. The molecule has 5 nitrogen and oxygen atoms in total. The average molecular weight is 422 g/mol. The molecule has 0 aliphatic carbocycles. The van der Waals surface area contributed by atoms with Crippen LogP contribution in [0.3, 0.4) is 0 Å². The second-order valence-corrected chi connectivity index (χ2v) is 9.30. The molecule has 1 aliphatic heterocycles. The van der Waals surface area contributed by atoms with E-state index in [0.29, 0.717) is 5.69 Å². The van der Waals surface area contributed by atoms with Crippen LogP contribution < -0.4 is 10.6 Å². The van der Waals surface area contributed by atoms with Crippen molar-refractivity contribution < 1.29 is 12.8 Å². The number of nitrogens with one attached hydrogen (secondary N) is 2. The zero-order valence-corrected chi connectivity index (χ0v) is 17.5. The van der Waals surface area contributed by atoms with E-state index in [-0.39, 0.29) is 27.8 Å². The summed E-state index contributed by atoms with van der Waals surface area (Å²) in [6.45, 7) is 3.91. The zero-order chi connectivity index (χ0) is 20.3. The Balaban J connectivity index is 1.71. The van der Waals surface area contributed by atoms with Gasteiger partial charge in [0, 0.05) is 17.8 Å². The number of thiocarbonyl (C=S) groups is 1. The molecule has 2 aromatic carbocycles. The van der Waals surface area contributed by atoms with Crippen molar-refractivity contribution in [3.8, 4) is 0 Å². The first-order valence-corrected chi connectivity index (χ1v) is 11.1. The summed E-state index contributed by atoms with van der Waals surface area (Å²) >= 11 is 5.20. The van der Waals surface area contributed by atoms with Crippen LogP contribution in [0.15, 0.2) is 53.4 Å². The largest absolute Gasteiger partial charge is 0.332 e. The van der Waals surface area contributed by atoms with E-state index >= 15 is 0 Å². The highest BCUT2D eigenvalue weighted by molar-refractivity contribution is 7.89. The first-order chi connectivity index (χ1) is 13.3. The summed E-state index contributed by atoms with van der Waals surface area (Å²) < 4.78 is 41.4. The predicted molar refractivity (Wildman–Crippen MR) is 114 cm³/mol. The molecular weight excluding hydrogens is 397 g/mol. The van der Waals surface area contributed by atoms with Crippen molar-refractivity contribution in [3.05, 3.63) is 54.3 Å². The summed E-state index contributed by atoms with van der Waals surface area (Å²) in [7, 11) is -3.55. The summed E-state index contributed by atoms with van der Waals surface area (Å²) in [5.74, 6) is -0.405. The third kappa shape index (κ3) is 4.51. The van der Waals surface area contributed by atoms with E-state index in [1.165, 1.54) is 6.07 Å². The Labute approximate surface area is 171 Å². The van der Waals surface area contributed by atoms with Crippen LogP contribution in [0.1, 0.15) is 33.1 Å². The molecule has 2 N–H and O–H groups in total. The summed E-state index contributed by atoms with van der Waals surface area (Å²) in [4.78, 5) is 0.256. The minimum atomic E-state index is -3.55. The fourth-order valence-corrected chi connectivity index (χ4v) is 5.66. The van der Waals surface area contributed by atoms with Gasteiger partial charge in [0.25, 0.3) is 0 Å². The number of anilines is 2. The van der Waals surface area contributed by atoms with Gasteiger partial charge in [0.2, 0.25) is 10.0 Å². The minimum absolute atomic E-state index is 0.0101. The Morgan fingerprint density at radius 3 is 2.25 bits per heavy atom. The van der Waals surface area contributed by atoms with Gasteiger partial charge in [-0.2, -0.15) is 4.31 Å². The standard InChI is InChI=1S/C20H24FN3O2S2/c1-14-6-5-7-15(2)24(14)28(25,26)17-12-10-16(11-13-17)22-20(27)23-19-9-4-3-8-18(19)21/h3-4,8-15H,5-7H2,1-2H3,(H2,22,23,27)/t14-,15-/m0/s1. The fraction of sp³-hybridized carbons (Fsp3) is 0.350. The van der Waals surface area contributed by atoms with Crippen molar-refractivity contribution in [2.45, 2.75) is 50.1 Å². The predicted octanol–water partition coefficient (Wildman–Crippen LogP) is 4.59. The van der Waals surface area contributed by atoms with Gasteiger partial charge >= 0.3 is 0 Å². The number of nitrogens with zero attached hydrogens (tertiary/aromatic N) is 1. The highest BCUT2D eigenvalue weighted by Gasteiger charge is 2.35. The van der Waals surface area contributed by atoms with E-state index in [2.05, 4.69) is 10.6 Å². The monoisotopic (exact) mass is 421 g/mol. The van der Waals surface area contributed by atoms with Crippen molar-refractivity contribution in [2.24, 2.45) is 0 Å². The minimum Gasteiger partial charge on any atom is -0.332 e. The molecule has 2 aromatic rings. The lowest BCUT2D eigenvalue weighted by atomic mass is 10.0. The van der Waals surface area contributed by atoms with Gasteiger partial charge in [0.05, 0.1) is 10.6 Å². The van der Waals surface area contributed by atoms with Crippen LogP contribution in [0.2, 0.25) is 0 Å². The van der Waals surface area contributed by atoms with E-state index in [1.54, 1.807) is 46.8 Å². The van der Waals surface area contributed by atoms with Gasteiger partial charge in [0.15, 0.2) is 5.11 Å². The average Bonchev–Trinajstić information content (AvgIpc) is 2.64. The molecule has 0 unspecified atom stereocenters. The van der Waals surface area contributed by atoms with E-state index < -0.39 is 15.8 Å². The van der Waals surface area contributed by atoms with E-state index in [4.69, 9.17) is 12.2 Å². The molecule has 0 saturated carbocycles. The molecule has 28 heavy (non-hydrogen) atoms. The van der Waals surface area contributed by atoms with Gasteiger partial charge < -0.3 is 10.6 Å². The third-order valence-electron chi connectivity index (χ3n) is 4.92. The van der Waals surface area contributed by atoms with Crippen LogP contribution >= 0.6 is 12.2 Å². The van der Waals surface area contributed by atoms with Crippen LogP contribution in [-0.2, 0) is 10.0 Å². The molecule has 0 amide bonds. The lowest BCUT2D eigenvalue weighted by molar-refractivity contribution is 0.204. The van der Waals surface area contributed by atoms with Gasteiger partial charge in [0.1, 0.15) is 5.82 Å². The first-order valence-electron chi connectivity index (χ1n) is 9.25. The maximum atomic E-state index is 13.7. The summed E-state index contributed by atoms with van der Waals surface area (Å²) in [5.41, 5.74) is 0.889. The van der Waals surface area contributed by atoms with Crippen LogP contribution in [0.25, 0.3) is 0 Å². The maximum Gasteiger partial charge on any atom is 0.243 e. The van der Waals surface area contributed by atoms with E-state index in [1.807, 2.05) is 13.8 Å². The Kier molecular flexibility index (Phi) is 6.32. The molecule has 1 aliphatic rings. The second kappa shape index (κ2) is 8.55. The van der Waals surface area contributed by atoms with Gasteiger partial charge in [-0.3, -0.25) is 0 Å². The molecule has 150 valence electrons. The molecule has 0 aromatic heterocycles. The van der Waals surface area contributed by atoms with Gasteiger partial charge in [-0.1, -0.05) is 18.6 Å². The number of halogens is 1. The van der Waals surface area contributed by atoms with Crippen molar-refractivity contribution in [1.82, 2.24) is 4.31 Å². The quantitative estimate of drug-likeness (QED) is 0.708. The molecule has 0 bridgehead atoms. The van der Waals surface area contributed by atoms with E-state index in [9.17, 15) is 12.8 Å². The second-order valence-electron chi connectivity index (χ2n) is 7.05. The molecule has 0 spiro atoms. The zero-order valence-electron chi connectivity index (χ0n) is 15.9. The molecule has 1 saturated heterocycles. The fourth-order valence-electron chi connectivity index (χ4n) is 3.55. The van der Waals surface area contributed by atoms with Crippen molar-refractivity contribution in [2.75, 3.05) is 10.6 Å². The van der Waals surface area contributed by atoms with Crippen LogP contribution in [0, 0.1) is 5.82 Å². The molecule has 3 rings (SSSR count). The number of para-hydroxylation sites is 1. The number of sulfonamides is 1. The Morgan fingerprint density at radius 2 is 1.64 bits per heavy atom. The first kappa shape index (κ1) is 20.7. The number of piperidine rings is 1. The molecule has 1 fully saturated rings. The van der Waals surface area contributed by atoms with Gasteiger partial charge in [-0.25, -0.2) is 12.8 Å².